The molecule has 1 aliphatic carbocycles. The van der Waals surface area contributed by atoms with Gasteiger partial charge in [0, 0.05) is 59.0 Å². The minimum atomic E-state index is -4.82. The van der Waals surface area contributed by atoms with Gasteiger partial charge in [0.2, 0.25) is 5.91 Å². The van der Waals surface area contributed by atoms with Crippen molar-refractivity contribution < 1.29 is 27.4 Å². The van der Waals surface area contributed by atoms with Crippen LogP contribution in [0.2, 0.25) is 0 Å². The van der Waals surface area contributed by atoms with Crippen molar-refractivity contribution in [3.8, 4) is 0 Å². The van der Waals surface area contributed by atoms with E-state index in [1.807, 2.05) is 0 Å². The third-order valence-corrected chi connectivity index (χ3v) is 6.20. The van der Waals surface area contributed by atoms with E-state index in [-0.39, 0.29) is 63.4 Å². The molecule has 11 heteroatoms. The van der Waals surface area contributed by atoms with Crippen LogP contribution in [0.1, 0.15) is 44.3 Å². The zero-order valence-electron chi connectivity index (χ0n) is 18.6. The van der Waals surface area contributed by atoms with Crippen LogP contribution in [-0.4, -0.2) is 60.0 Å². The van der Waals surface area contributed by atoms with Gasteiger partial charge in [-0.3, -0.25) is 18.9 Å². The molecule has 0 bridgehead atoms. The predicted octanol–water partition coefficient (Wildman–Crippen LogP) is 2.92. The van der Waals surface area contributed by atoms with E-state index in [2.05, 4.69) is 10.6 Å². The van der Waals surface area contributed by atoms with Gasteiger partial charge in [-0.1, -0.05) is 30.3 Å². The number of hydrogen-bond acceptors (Lipinski definition) is 7. The summed E-state index contributed by atoms with van der Waals surface area (Å²) in [5.41, 5.74) is 6.94. The smallest absolute Gasteiger partial charge is 0.296 e. The Bertz CT molecular complexity index is 1480. The number of rotatable bonds is 4. The summed E-state index contributed by atoms with van der Waals surface area (Å²) in [4.78, 5) is 37.3. The third-order valence-electron chi connectivity index (χ3n) is 5.31. The van der Waals surface area contributed by atoms with Crippen LogP contribution in [-0.2, 0) is 14.9 Å². The van der Waals surface area contributed by atoms with Crippen molar-refractivity contribution >= 4 is 79.9 Å². The second-order valence-electron chi connectivity index (χ2n) is 7.60. The first-order chi connectivity index (χ1) is 15.5. The van der Waals surface area contributed by atoms with E-state index in [4.69, 9.17) is 5.73 Å². The molecule has 34 heavy (non-hydrogen) atoms. The maximum atomic E-state index is 13.3. The van der Waals surface area contributed by atoms with Crippen molar-refractivity contribution in [1.29, 1.82) is 0 Å². The van der Waals surface area contributed by atoms with Crippen LogP contribution in [0.3, 0.4) is 0 Å². The number of carbonyl (C=O) groups excluding carboxylic acids is 3. The van der Waals surface area contributed by atoms with Gasteiger partial charge in [0.25, 0.3) is 10.1 Å². The average Bonchev–Trinajstić information content (AvgIpc) is 2.74. The zero-order valence-corrected chi connectivity index (χ0v) is 21.4. The number of benzene rings is 3. The van der Waals surface area contributed by atoms with Gasteiger partial charge in [-0.05, 0) is 30.7 Å². The molecule has 3 aromatic rings. The van der Waals surface area contributed by atoms with Crippen LogP contribution in [0.25, 0.3) is 0 Å². The van der Waals surface area contributed by atoms with Crippen molar-refractivity contribution in [3.63, 3.8) is 0 Å². The molecule has 0 saturated heterocycles. The van der Waals surface area contributed by atoms with Crippen LogP contribution >= 0.6 is 0 Å². The summed E-state index contributed by atoms with van der Waals surface area (Å²) in [6.45, 7) is 3.14. The molecule has 0 saturated carbocycles. The Morgan fingerprint density at radius 3 is 2.09 bits per heavy atom. The molecule has 169 valence electrons. The van der Waals surface area contributed by atoms with E-state index in [0.29, 0.717) is 11.4 Å². The fourth-order valence-corrected chi connectivity index (χ4v) is 4.43. The number of hydrogen-bond donors (Lipinski definition) is 4. The summed E-state index contributed by atoms with van der Waals surface area (Å²) in [6.07, 6.45) is 0. The molecule has 0 aromatic heterocycles. The molecule has 0 heterocycles. The molecule has 1 aliphatic rings. The Balaban J connectivity index is 0.00000324. The number of fused-ring (bicyclic) bond motifs is 2. The van der Waals surface area contributed by atoms with E-state index < -0.39 is 32.3 Å². The molecule has 1 amide bonds. The summed E-state index contributed by atoms with van der Waals surface area (Å²) < 4.78 is 33.7. The van der Waals surface area contributed by atoms with E-state index >= 15 is 0 Å². The first-order valence-corrected chi connectivity index (χ1v) is 11.2. The van der Waals surface area contributed by atoms with Gasteiger partial charge in [0.15, 0.2) is 11.6 Å². The van der Waals surface area contributed by atoms with Crippen molar-refractivity contribution in [1.82, 2.24) is 0 Å². The molecule has 5 N–H and O–H groups in total. The van der Waals surface area contributed by atoms with E-state index in [1.54, 1.807) is 37.3 Å². The fourth-order valence-electron chi connectivity index (χ4n) is 3.79. The number of ketones is 2. The molecule has 0 unspecified atom stereocenters. The monoisotopic (exact) mass is 488 g/mol. The number of amides is 1. The van der Waals surface area contributed by atoms with Crippen LogP contribution < -0.4 is 16.4 Å². The number of aryl methyl sites for hydroxylation is 1. The fraction of sp³-hybridized carbons (Fsp3) is 0.0870. The topological polar surface area (TPSA) is 156 Å². The molecular weight excluding hydrogens is 469 g/mol. The summed E-state index contributed by atoms with van der Waals surface area (Å²) in [7, 11) is -4.82. The molecule has 1 radical (unpaired) electrons. The largest absolute Gasteiger partial charge is 0.397 e. The van der Waals surface area contributed by atoms with Crippen LogP contribution in [0.5, 0.6) is 0 Å². The minimum absolute atomic E-state index is 0. The van der Waals surface area contributed by atoms with Gasteiger partial charge >= 0.3 is 0 Å². The molecule has 0 spiro atoms. The van der Waals surface area contributed by atoms with Gasteiger partial charge in [0.05, 0.1) is 22.5 Å². The van der Waals surface area contributed by atoms with Crippen molar-refractivity contribution in [2.75, 3.05) is 16.4 Å². The third kappa shape index (κ3) is 4.50. The van der Waals surface area contributed by atoms with Crippen LogP contribution in [0.4, 0.5) is 22.7 Å². The van der Waals surface area contributed by atoms with Gasteiger partial charge in [0.1, 0.15) is 4.90 Å². The first-order valence-electron chi connectivity index (χ1n) is 9.76. The van der Waals surface area contributed by atoms with Crippen LogP contribution in [0.15, 0.2) is 53.4 Å². The molecule has 0 fully saturated rings. The SMILES string of the molecule is CC(=O)Nc1cc(Nc2cc(S(=O)(=O)O)c(N)c3c2C(=O)c2ccccc2C3=O)ccc1C.[Na]. The maximum absolute atomic E-state index is 13.3. The Hall–Kier alpha value is -3.02. The van der Waals surface area contributed by atoms with Gasteiger partial charge in [-0.2, -0.15) is 8.42 Å². The summed E-state index contributed by atoms with van der Waals surface area (Å²) >= 11 is 0. The molecule has 0 atom stereocenters. The number of nitrogens with one attached hydrogen (secondary N) is 2. The van der Waals surface area contributed by atoms with Crippen molar-refractivity contribution in [3.05, 3.63) is 76.3 Å². The Kier molecular flexibility index (Phi) is 7.02. The number of anilines is 4. The molecule has 4 rings (SSSR count). The van der Waals surface area contributed by atoms with Crippen molar-refractivity contribution in [2.45, 2.75) is 18.7 Å². The summed E-state index contributed by atoms with van der Waals surface area (Å²) in [5.74, 6) is -1.44. The number of nitrogen functional groups attached to an aromatic ring is 1. The quantitative estimate of drug-likeness (QED) is 0.194. The Morgan fingerprint density at radius 1 is 0.941 bits per heavy atom. The summed E-state index contributed by atoms with van der Waals surface area (Å²) in [5, 5.41) is 5.62. The van der Waals surface area contributed by atoms with Gasteiger partial charge < -0.3 is 16.4 Å². The second kappa shape index (κ2) is 9.32. The molecule has 0 aliphatic heterocycles. The first kappa shape index (κ1) is 25.6. The average molecular weight is 488 g/mol. The van der Waals surface area contributed by atoms with E-state index in [9.17, 15) is 27.4 Å². The Morgan fingerprint density at radius 2 is 1.53 bits per heavy atom. The molecular formula is C23H19N3NaO6S. The number of carbonyl (C=O) groups is 3. The van der Waals surface area contributed by atoms with Gasteiger partial charge in [-0.25, -0.2) is 0 Å². The van der Waals surface area contributed by atoms with Crippen molar-refractivity contribution in [2.24, 2.45) is 0 Å². The normalized spacial score (nSPS) is 12.3. The summed E-state index contributed by atoms with van der Waals surface area (Å²) in [6, 6.07) is 12.1. The number of nitrogens with two attached hydrogens (primary N) is 1. The standard InChI is InChI=1S/C23H19N3O6S.Na/c1-11-7-8-13(9-16(11)25-12(2)27)26-17-10-18(33(30,31)32)21(24)20-19(17)22(28)14-5-3-4-6-15(14)23(20)29;/h3-10,26H,24H2,1-2H3,(H,25,27)(H,30,31,32);. The maximum Gasteiger partial charge on any atom is 0.296 e. The molecule has 9 nitrogen and oxygen atoms in total. The predicted molar refractivity (Wildman–Crippen MR) is 128 cm³/mol. The minimum Gasteiger partial charge on any atom is -0.397 e. The van der Waals surface area contributed by atoms with E-state index in [0.717, 1.165) is 11.6 Å². The molecule has 3 aromatic carbocycles. The van der Waals surface area contributed by atoms with E-state index in [1.165, 1.54) is 19.1 Å². The Labute approximate surface area is 217 Å². The second-order valence-corrected chi connectivity index (χ2v) is 8.99. The van der Waals surface area contributed by atoms with Gasteiger partial charge in [-0.15, -0.1) is 0 Å². The van der Waals surface area contributed by atoms with Crippen LogP contribution in [0, 0.1) is 6.92 Å². The zero-order chi connectivity index (χ0) is 24.1.